The standard InChI is InChI=1S/C14H13NO2/c16-10-12-4-2-6-14(8-12)13-5-1-3-11(7-13)9-15-17/h1-8,16H,9-10H2. The van der Waals surface area contributed by atoms with Gasteiger partial charge in [0.2, 0.25) is 0 Å². The van der Waals surface area contributed by atoms with Crippen LogP contribution in [0.25, 0.3) is 11.1 Å². The second kappa shape index (κ2) is 5.37. The Hall–Kier alpha value is -2.00. The van der Waals surface area contributed by atoms with Crippen molar-refractivity contribution in [1.29, 1.82) is 0 Å². The molecule has 0 aliphatic carbocycles. The smallest absolute Gasteiger partial charge is 0.106 e. The Morgan fingerprint density at radius 1 is 0.941 bits per heavy atom. The number of nitroso groups, excluding NO2 is 1. The minimum absolute atomic E-state index is 0.0312. The number of hydrogen-bond acceptors (Lipinski definition) is 3. The van der Waals surface area contributed by atoms with Gasteiger partial charge in [-0.3, -0.25) is 0 Å². The van der Waals surface area contributed by atoms with Crippen LogP contribution in [0.5, 0.6) is 0 Å². The predicted octanol–water partition coefficient (Wildman–Crippen LogP) is 3.11. The van der Waals surface area contributed by atoms with Crippen molar-refractivity contribution in [3.8, 4) is 11.1 Å². The van der Waals surface area contributed by atoms with Crippen molar-refractivity contribution >= 4 is 0 Å². The topological polar surface area (TPSA) is 49.7 Å². The molecule has 0 fully saturated rings. The molecule has 1 N–H and O–H groups in total. The van der Waals surface area contributed by atoms with Crippen molar-refractivity contribution in [3.63, 3.8) is 0 Å². The molecule has 0 aliphatic heterocycles. The third kappa shape index (κ3) is 2.77. The Balaban J connectivity index is 2.37. The van der Waals surface area contributed by atoms with Crippen LogP contribution in [-0.2, 0) is 13.2 Å². The lowest BCUT2D eigenvalue weighted by molar-refractivity contribution is 0.282. The van der Waals surface area contributed by atoms with Gasteiger partial charge in [-0.25, -0.2) is 0 Å². The van der Waals surface area contributed by atoms with Crippen molar-refractivity contribution < 1.29 is 5.11 Å². The van der Waals surface area contributed by atoms with E-state index in [0.717, 1.165) is 22.3 Å². The molecular weight excluding hydrogens is 214 g/mol. The van der Waals surface area contributed by atoms with Gasteiger partial charge >= 0.3 is 0 Å². The molecule has 2 aromatic carbocycles. The van der Waals surface area contributed by atoms with E-state index < -0.39 is 0 Å². The zero-order valence-corrected chi connectivity index (χ0v) is 9.34. The van der Waals surface area contributed by atoms with Crippen molar-refractivity contribution in [1.82, 2.24) is 0 Å². The number of benzene rings is 2. The summed E-state index contributed by atoms with van der Waals surface area (Å²) in [6.45, 7) is 0.219. The van der Waals surface area contributed by atoms with Gasteiger partial charge in [-0.1, -0.05) is 41.6 Å². The molecule has 0 bridgehead atoms. The molecule has 2 aromatic rings. The van der Waals surface area contributed by atoms with Gasteiger partial charge in [0.15, 0.2) is 0 Å². The lowest BCUT2D eigenvalue weighted by atomic mass is 10.0. The number of nitrogens with zero attached hydrogens (tertiary/aromatic N) is 1. The van der Waals surface area contributed by atoms with Crippen LogP contribution in [0.4, 0.5) is 0 Å². The highest BCUT2D eigenvalue weighted by Gasteiger charge is 2.00. The SMILES string of the molecule is O=NCc1cccc(-c2cccc(CO)c2)c1. The molecule has 3 nitrogen and oxygen atoms in total. The fourth-order valence-electron chi connectivity index (χ4n) is 1.77. The Morgan fingerprint density at radius 2 is 1.53 bits per heavy atom. The zero-order chi connectivity index (χ0) is 12.1. The molecule has 86 valence electrons. The van der Waals surface area contributed by atoms with Crippen molar-refractivity contribution in [2.45, 2.75) is 13.2 Å². The first kappa shape index (κ1) is 11.5. The third-order valence-electron chi connectivity index (χ3n) is 2.62. The Morgan fingerprint density at radius 3 is 2.12 bits per heavy atom. The summed E-state index contributed by atoms with van der Waals surface area (Å²) >= 11 is 0. The highest BCUT2D eigenvalue weighted by Crippen LogP contribution is 2.22. The van der Waals surface area contributed by atoms with E-state index in [1.54, 1.807) is 0 Å². The van der Waals surface area contributed by atoms with E-state index >= 15 is 0 Å². The maximum Gasteiger partial charge on any atom is 0.106 e. The second-order valence-corrected chi connectivity index (χ2v) is 3.85. The Kier molecular flexibility index (Phi) is 3.62. The van der Waals surface area contributed by atoms with Gasteiger partial charge in [-0.2, -0.15) is 4.91 Å². The minimum atomic E-state index is 0.0312. The van der Waals surface area contributed by atoms with Crippen LogP contribution in [0.15, 0.2) is 53.7 Å². The summed E-state index contributed by atoms with van der Waals surface area (Å²) in [7, 11) is 0. The average Bonchev–Trinajstić information content (AvgIpc) is 2.40. The molecule has 3 heteroatoms. The quantitative estimate of drug-likeness (QED) is 0.816. The number of aliphatic hydroxyl groups is 1. The van der Waals surface area contributed by atoms with Crippen LogP contribution in [0.2, 0.25) is 0 Å². The van der Waals surface area contributed by atoms with Crippen molar-refractivity contribution in [2.75, 3.05) is 0 Å². The second-order valence-electron chi connectivity index (χ2n) is 3.85. The van der Waals surface area contributed by atoms with E-state index in [4.69, 9.17) is 5.11 Å². The molecule has 0 saturated carbocycles. The molecule has 0 spiro atoms. The molecule has 2 rings (SSSR count). The highest BCUT2D eigenvalue weighted by atomic mass is 16.3. The monoisotopic (exact) mass is 227 g/mol. The maximum atomic E-state index is 10.2. The summed E-state index contributed by atoms with van der Waals surface area (Å²) in [4.78, 5) is 10.2. The van der Waals surface area contributed by atoms with Crippen molar-refractivity contribution in [2.24, 2.45) is 5.18 Å². The summed E-state index contributed by atoms with van der Waals surface area (Å²) in [5.74, 6) is 0. The minimum Gasteiger partial charge on any atom is -0.392 e. The van der Waals surface area contributed by atoms with Crippen LogP contribution in [-0.4, -0.2) is 5.11 Å². The summed E-state index contributed by atoms with van der Waals surface area (Å²) in [6.07, 6.45) is 0. The maximum absolute atomic E-state index is 10.2. The highest BCUT2D eigenvalue weighted by molar-refractivity contribution is 5.64. The first-order valence-corrected chi connectivity index (χ1v) is 5.41. The van der Waals surface area contributed by atoms with E-state index in [9.17, 15) is 4.91 Å². The van der Waals surface area contributed by atoms with Gasteiger partial charge in [0, 0.05) is 0 Å². The van der Waals surface area contributed by atoms with Crippen LogP contribution in [0.1, 0.15) is 11.1 Å². The first-order valence-electron chi connectivity index (χ1n) is 5.41. The Bertz CT molecular complexity index is 523. The molecule has 0 radical (unpaired) electrons. The zero-order valence-electron chi connectivity index (χ0n) is 9.34. The molecule has 0 saturated heterocycles. The summed E-state index contributed by atoms with van der Waals surface area (Å²) < 4.78 is 0. The Labute approximate surface area is 99.7 Å². The van der Waals surface area contributed by atoms with Gasteiger partial charge < -0.3 is 5.11 Å². The number of aliphatic hydroxyl groups excluding tert-OH is 1. The molecule has 0 aliphatic rings. The average molecular weight is 227 g/mol. The first-order chi connectivity index (χ1) is 8.33. The lowest BCUT2D eigenvalue weighted by Gasteiger charge is -2.05. The van der Waals surface area contributed by atoms with Gasteiger partial charge in [0.1, 0.15) is 6.54 Å². The molecular formula is C14H13NO2. The van der Waals surface area contributed by atoms with Gasteiger partial charge in [-0.15, -0.1) is 0 Å². The van der Waals surface area contributed by atoms with E-state index in [1.807, 2.05) is 48.5 Å². The largest absolute Gasteiger partial charge is 0.392 e. The lowest BCUT2D eigenvalue weighted by Crippen LogP contribution is -1.86. The van der Waals surface area contributed by atoms with Crippen LogP contribution in [0, 0.1) is 4.91 Å². The van der Waals surface area contributed by atoms with Crippen molar-refractivity contribution in [3.05, 3.63) is 64.6 Å². The summed E-state index contributed by atoms with van der Waals surface area (Å²) in [6, 6.07) is 15.4. The molecule has 0 heterocycles. The fourth-order valence-corrected chi connectivity index (χ4v) is 1.77. The molecule has 0 unspecified atom stereocenters. The molecule has 0 atom stereocenters. The third-order valence-corrected chi connectivity index (χ3v) is 2.62. The normalized spacial score (nSPS) is 10.2. The molecule has 0 amide bonds. The predicted molar refractivity (Wildman–Crippen MR) is 67.3 cm³/mol. The van der Waals surface area contributed by atoms with Crippen LogP contribution in [0.3, 0.4) is 0 Å². The number of rotatable bonds is 4. The fraction of sp³-hybridized carbons (Fsp3) is 0.143. The number of hydrogen-bond donors (Lipinski definition) is 1. The molecule has 0 aromatic heterocycles. The van der Waals surface area contributed by atoms with E-state index in [1.165, 1.54) is 0 Å². The summed E-state index contributed by atoms with van der Waals surface area (Å²) in [5, 5.41) is 12.0. The van der Waals surface area contributed by atoms with Crippen LogP contribution < -0.4 is 0 Å². The summed E-state index contributed by atoms with van der Waals surface area (Å²) in [5.41, 5.74) is 3.83. The van der Waals surface area contributed by atoms with E-state index in [2.05, 4.69) is 5.18 Å². The van der Waals surface area contributed by atoms with E-state index in [0.29, 0.717) is 0 Å². The van der Waals surface area contributed by atoms with Gasteiger partial charge in [-0.05, 0) is 34.4 Å². The van der Waals surface area contributed by atoms with Gasteiger partial charge in [0.05, 0.1) is 6.61 Å². The van der Waals surface area contributed by atoms with Crippen LogP contribution >= 0.6 is 0 Å². The van der Waals surface area contributed by atoms with E-state index in [-0.39, 0.29) is 13.2 Å². The molecule has 17 heavy (non-hydrogen) atoms. The van der Waals surface area contributed by atoms with Gasteiger partial charge in [0.25, 0.3) is 0 Å².